The average Bonchev–Trinajstić information content (AvgIpc) is 2.57. The molecule has 0 spiro atoms. The maximum absolute atomic E-state index is 10.3. The maximum Gasteiger partial charge on any atom is 0.0608 e. The van der Waals surface area contributed by atoms with Crippen LogP contribution >= 0.6 is 15.9 Å². The van der Waals surface area contributed by atoms with E-state index in [0.717, 1.165) is 10.9 Å². The Labute approximate surface area is 112 Å². The van der Waals surface area contributed by atoms with Gasteiger partial charge in [-0.15, -0.1) is 0 Å². The average molecular weight is 297 g/mol. The van der Waals surface area contributed by atoms with Gasteiger partial charge in [0, 0.05) is 4.47 Å². The molecular formula is C15H21BrO. The van der Waals surface area contributed by atoms with Gasteiger partial charge in [0.1, 0.15) is 0 Å². The van der Waals surface area contributed by atoms with Crippen molar-refractivity contribution in [2.45, 2.75) is 51.0 Å². The van der Waals surface area contributed by atoms with E-state index in [1.165, 1.54) is 44.1 Å². The van der Waals surface area contributed by atoms with Gasteiger partial charge in [0.25, 0.3) is 0 Å². The number of hydrogen-bond donors (Lipinski definition) is 1. The molecule has 1 N–H and O–H groups in total. The largest absolute Gasteiger partial charge is 0.392 e. The SMILES string of the molecule is OC(Cc1cccc(Br)c1)C1CCCCCC1. The van der Waals surface area contributed by atoms with Gasteiger partial charge in [-0.2, -0.15) is 0 Å². The van der Waals surface area contributed by atoms with Crippen LogP contribution in [0.4, 0.5) is 0 Å². The highest BCUT2D eigenvalue weighted by Gasteiger charge is 2.20. The first-order valence-corrected chi connectivity index (χ1v) is 7.47. The minimum Gasteiger partial charge on any atom is -0.392 e. The predicted molar refractivity (Wildman–Crippen MR) is 75.0 cm³/mol. The Morgan fingerprint density at radius 3 is 2.53 bits per heavy atom. The van der Waals surface area contributed by atoms with Crippen LogP contribution < -0.4 is 0 Å². The van der Waals surface area contributed by atoms with Crippen molar-refractivity contribution in [3.05, 3.63) is 34.3 Å². The van der Waals surface area contributed by atoms with Crippen LogP contribution in [0.15, 0.2) is 28.7 Å². The summed E-state index contributed by atoms with van der Waals surface area (Å²) >= 11 is 3.48. The van der Waals surface area contributed by atoms with E-state index >= 15 is 0 Å². The zero-order valence-corrected chi connectivity index (χ0v) is 11.8. The molecule has 1 aromatic rings. The lowest BCUT2D eigenvalue weighted by Gasteiger charge is -2.21. The van der Waals surface area contributed by atoms with Crippen LogP contribution in [0, 0.1) is 5.92 Å². The Bertz CT molecular complexity index is 343. The van der Waals surface area contributed by atoms with Crippen molar-refractivity contribution < 1.29 is 5.11 Å². The second-order valence-electron chi connectivity index (χ2n) is 5.15. The van der Waals surface area contributed by atoms with Crippen molar-refractivity contribution in [2.75, 3.05) is 0 Å². The van der Waals surface area contributed by atoms with Crippen LogP contribution in [-0.4, -0.2) is 11.2 Å². The van der Waals surface area contributed by atoms with E-state index in [9.17, 15) is 5.11 Å². The lowest BCUT2D eigenvalue weighted by Crippen LogP contribution is -2.22. The molecule has 0 heterocycles. The highest BCUT2D eigenvalue weighted by molar-refractivity contribution is 9.10. The Morgan fingerprint density at radius 2 is 1.88 bits per heavy atom. The van der Waals surface area contributed by atoms with Crippen molar-refractivity contribution >= 4 is 15.9 Å². The van der Waals surface area contributed by atoms with Crippen LogP contribution in [-0.2, 0) is 6.42 Å². The molecule has 1 atom stereocenters. The molecule has 1 aliphatic carbocycles. The van der Waals surface area contributed by atoms with E-state index in [1.807, 2.05) is 12.1 Å². The van der Waals surface area contributed by atoms with Crippen molar-refractivity contribution in [3.8, 4) is 0 Å². The Kier molecular flexibility index (Phi) is 5.05. The first-order valence-electron chi connectivity index (χ1n) is 6.68. The summed E-state index contributed by atoms with van der Waals surface area (Å²) < 4.78 is 1.10. The van der Waals surface area contributed by atoms with Gasteiger partial charge in [-0.1, -0.05) is 53.7 Å². The Hall–Kier alpha value is -0.340. The summed E-state index contributed by atoms with van der Waals surface area (Å²) in [6.45, 7) is 0. The molecule has 1 aromatic carbocycles. The van der Waals surface area contributed by atoms with Crippen molar-refractivity contribution in [1.29, 1.82) is 0 Å². The molecule has 1 saturated carbocycles. The smallest absolute Gasteiger partial charge is 0.0608 e. The van der Waals surface area contributed by atoms with Crippen LogP contribution in [0.1, 0.15) is 44.1 Å². The van der Waals surface area contributed by atoms with E-state index in [4.69, 9.17) is 0 Å². The molecule has 1 fully saturated rings. The fourth-order valence-electron chi connectivity index (χ4n) is 2.77. The summed E-state index contributed by atoms with van der Waals surface area (Å²) in [7, 11) is 0. The predicted octanol–water partition coefficient (Wildman–Crippen LogP) is 4.32. The maximum atomic E-state index is 10.3. The second-order valence-corrected chi connectivity index (χ2v) is 6.07. The van der Waals surface area contributed by atoms with Crippen LogP contribution in [0.3, 0.4) is 0 Å². The molecule has 0 aromatic heterocycles. The molecule has 0 bridgehead atoms. The fourth-order valence-corrected chi connectivity index (χ4v) is 3.21. The third kappa shape index (κ3) is 4.11. The first kappa shape index (κ1) is 13.1. The summed E-state index contributed by atoms with van der Waals surface area (Å²) in [4.78, 5) is 0. The lowest BCUT2D eigenvalue weighted by atomic mass is 9.90. The van der Waals surface area contributed by atoms with Crippen LogP contribution in [0.5, 0.6) is 0 Å². The zero-order chi connectivity index (χ0) is 12.1. The number of rotatable bonds is 3. The minimum absolute atomic E-state index is 0.164. The summed E-state index contributed by atoms with van der Waals surface area (Å²) in [5.74, 6) is 0.511. The van der Waals surface area contributed by atoms with Crippen molar-refractivity contribution in [3.63, 3.8) is 0 Å². The van der Waals surface area contributed by atoms with E-state index in [2.05, 4.69) is 28.1 Å². The molecule has 2 heteroatoms. The van der Waals surface area contributed by atoms with Gasteiger partial charge in [-0.05, 0) is 42.9 Å². The second kappa shape index (κ2) is 6.55. The van der Waals surface area contributed by atoms with Gasteiger partial charge in [0.2, 0.25) is 0 Å². The topological polar surface area (TPSA) is 20.2 Å². The molecule has 1 aliphatic rings. The van der Waals surface area contributed by atoms with Crippen molar-refractivity contribution in [2.24, 2.45) is 5.92 Å². The normalized spacial score (nSPS) is 19.9. The van der Waals surface area contributed by atoms with E-state index < -0.39 is 0 Å². The highest BCUT2D eigenvalue weighted by Crippen LogP contribution is 2.27. The molecular weight excluding hydrogens is 276 g/mol. The number of hydrogen-bond acceptors (Lipinski definition) is 1. The number of halogens is 1. The monoisotopic (exact) mass is 296 g/mol. The van der Waals surface area contributed by atoms with Crippen LogP contribution in [0.25, 0.3) is 0 Å². The lowest BCUT2D eigenvalue weighted by molar-refractivity contribution is 0.0986. The minimum atomic E-state index is -0.164. The quantitative estimate of drug-likeness (QED) is 0.824. The third-order valence-corrected chi connectivity index (χ3v) is 4.27. The van der Waals surface area contributed by atoms with Gasteiger partial charge < -0.3 is 5.11 Å². The Morgan fingerprint density at radius 1 is 1.18 bits per heavy atom. The molecule has 17 heavy (non-hydrogen) atoms. The van der Waals surface area contributed by atoms with Crippen LogP contribution in [0.2, 0.25) is 0 Å². The molecule has 0 amide bonds. The number of benzene rings is 1. The molecule has 2 rings (SSSR count). The van der Waals surface area contributed by atoms with Gasteiger partial charge in [0.05, 0.1) is 6.10 Å². The van der Waals surface area contributed by atoms with Gasteiger partial charge in [0.15, 0.2) is 0 Å². The zero-order valence-electron chi connectivity index (χ0n) is 10.2. The highest BCUT2D eigenvalue weighted by atomic mass is 79.9. The summed E-state index contributed by atoms with van der Waals surface area (Å²) in [6.07, 6.45) is 8.32. The third-order valence-electron chi connectivity index (χ3n) is 3.78. The van der Waals surface area contributed by atoms with Gasteiger partial charge in [-0.3, -0.25) is 0 Å². The summed E-state index contributed by atoms with van der Waals surface area (Å²) in [5, 5.41) is 10.3. The summed E-state index contributed by atoms with van der Waals surface area (Å²) in [5.41, 5.74) is 1.23. The van der Waals surface area contributed by atoms with Crippen molar-refractivity contribution in [1.82, 2.24) is 0 Å². The first-order chi connectivity index (χ1) is 8.25. The van der Waals surface area contributed by atoms with E-state index in [1.54, 1.807) is 0 Å². The van der Waals surface area contributed by atoms with E-state index in [0.29, 0.717) is 5.92 Å². The Balaban J connectivity index is 1.93. The van der Waals surface area contributed by atoms with Gasteiger partial charge >= 0.3 is 0 Å². The molecule has 0 saturated heterocycles. The molecule has 1 unspecified atom stereocenters. The van der Waals surface area contributed by atoms with Gasteiger partial charge in [-0.25, -0.2) is 0 Å². The molecule has 94 valence electrons. The fraction of sp³-hybridized carbons (Fsp3) is 0.600. The number of aliphatic hydroxyl groups excluding tert-OH is 1. The molecule has 0 aliphatic heterocycles. The van der Waals surface area contributed by atoms with E-state index in [-0.39, 0.29) is 6.10 Å². The molecule has 0 radical (unpaired) electrons. The number of aliphatic hydroxyl groups is 1. The molecule has 1 nitrogen and oxygen atoms in total. The summed E-state index contributed by atoms with van der Waals surface area (Å²) in [6, 6.07) is 8.28. The standard InChI is InChI=1S/C15H21BrO/c16-14-9-5-6-12(10-14)11-15(17)13-7-3-1-2-4-8-13/h5-6,9-10,13,15,17H,1-4,7-8,11H2.